The molecule has 0 fully saturated rings. The summed E-state index contributed by atoms with van der Waals surface area (Å²) in [6, 6.07) is 0.709. The molecule has 0 bridgehead atoms. The van der Waals surface area contributed by atoms with Crippen LogP contribution in [0.4, 0.5) is 0 Å². The third kappa shape index (κ3) is 5.26. The maximum atomic E-state index is 4.42. The van der Waals surface area contributed by atoms with Crippen molar-refractivity contribution in [2.75, 3.05) is 19.3 Å². The molecule has 0 rings (SSSR count). The molecule has 0 aliphatic carbocycles. The summed E-state index contributed by atoms with van der Waals surface area (Å²) in [5.74, 6) is 2.47. The van der Waals surface area contributed by atoms with Gasteiger partial charge in [0.25, 0.3) is 0 Å². The molecular formula is C12H27NS. The SMILES string of the molecule is CCCC(C)N(C)CC(CS)C(C)C. The second kappa shape index (κ2) is 7.58. The predicted octanol–water partition coefficient (Wildman–Crippen LogP) is 3.31. The van der Waals surface area contributed by atoms with Crippen molar-refractivity contribution < 1.29 is 0 Å². The van der Waals surface area contributed by atoms with E-state index in [1.807, 2.05) is 0 Å². The molecule has 0 spiro atoms. The van der Waals surface area contributed by atoms with Crippen LogP contribution in [-0.4, -0.2) is 30.3 Å². The van der Waals surface area contributed by atoms with E-state index in [-0.39, 0.29) is 0 Å². The molecule has 86 valence electrons. The van der Waals surface area contributed by atoms with Gasteiger partial charge in [-0.15, -0.1) is 0 Å². The van der Waals surface area contributed by atoms with E-state index in [0.29, 0.717) is 6.04 Å². The molecule has 0 aromatic carbocycles. The molecule has 0 heterocycles. The summed E-state index contributed by atoms with van der Waals surface area (Å²) in [7, 11) is 2.24. The van der Waals surface area contributed by atoms with E-state index < -0.39 is 0 Å². The van der Waals surface area contributed by atoms with E-state index in [2.05, 4.69) is 52.3 Å². The molecule has 0 amide bonds. The van der Waals surface area contributed by atoms with Gasteiger partial charge >= 0.3 is 0 Å². The second-order valence-corrected chi connectivity index (χ2v) is 5.13. The first kappa shape index (κ1) is 14.3. The summed E-state index contributed by atoms with van der Waals surface area (Å²) < 4.78 is 0. The van der Waals surface area contributed by atoms with Crippen molar-refractivity contribution in [3.63, 3.8) is 0 Å². The Morgan fingerprint density at radius 2 is 1.79 bits per heavy atom. The van der Waals surface area contributed by atoms with Crippen molar-refractivity contribution in [2.45, 2.75) is 46.6 Å². The van der Waals surface area contributed by atoms with Gasteiger partial charge in [-0.2, -0.15) is 12.6 Å². The molecule has 2 unspecified atom stereocenters. The van der Waals surface area contributed by atoms with Crippen LogP contribution in [-0.2, 0) is 0 Å². The Balaban J connectivity index is 3.94. The van der Waals surface area contributed by atoms with Crippen molar-refractivity contribution in [1.29, 1.82) is 0 Å². The number of hydrogen-bond acceptors (Lipinski definition) is 2. The van der Waals surface area contributed by atoms with Crippen molar-refractivity contribution >= 4 is 12.6 Å². The molecule has 0 saturated heterocycles. The highest BCUT2D eigenvalue weighted by Crippen LogP contribution is 2.15. The van der Waals surface area contributed by atoms with Gasteiger partial charge in [-0.1, -0.05) is 27.2 Å². The summed E-state index contributed by atoms with van der Waals surface area (Å²) >= 11 is 4.42. The van der Waals surface area contributed by atoms with E-state index >= 15 is 0 Å². The smallest absolute Gasteiger partial charge is 0.00639 e. The average Bonchev–Trinajstić information content (AvgIpc) is 2.13. The Kier molecular flexibility index (Phi) is 7.75. The Labute approximate surface area is 95.7 Å². The first-order valence-electron chi connectivity index (χ1n) is 5.84. The Morgan fingerprint density at radius 1 is 1.21 bits per heavy atom. The zero-order valence-electron chi connectivity index (χ0n) is 10.5. The monoisotopic (exact) mass is 217 g/mol. The van der Waals surface area contributed by atoms with Gasteiger partial charge in [-0.3, -0.25) is 0 Å². The predicted molar refractivity (Wildman–Crippen MR) is 69.2 cm³/mol. The van der Waals surface area contributed by atoms with Crippen molar-refractivity contribution in [2.24, 2.45) is 11.8 Å². The van der Waals surface area contributed by atoms with Gasteiger partial charge in [-0.05, 0) is 38.0 Å². The molecule has 14 heavy (non-hydrogen) atoms. The normalized spacial score (nSPS) is 16.3. The summed E-state index contributed by atoms with van der Waals surface area (Å²) in [4.78, 5) is 2.48. The Bertz CT molecular complexity index is 136. The lowest BCUT2D eigenvalue weighted by Crippen LogP contribution is -2.35. The second-order valence-electron chi connectivity index (χ2n) is 4.76. The van der Waals surface area contributed by atoms with Crippen LogP contribution in [0.3, 0.4) is 0 Å². The van der Waals surface area contributed by atoms with E-state index in [1.54, 1.807) is 0 Å². The largest absolute Gasteiger partial charge is 0.303 e. The molecule has 0 aromatic rings. The molecule has 1 nitrogen and oxygen atoms in total. The molecule has 0 aliphatic heterocycles. The topological polar surface area (TPSA) is 3.24 Å². The number of nitrogens with zero attached hydrogens (tertiary/aromatic N) is 1. The average molecular weight is 217 g/mol. The third-order valence-electron chi connectivity index (χ3n) is 3.16. The Hall–Kier alpha value is 0.310. The van der Waals surface area contributed by atoms with E-state index in [4.69, 9.17) is 0 Å². The molecule has 2 atom stereocenters. The van der Waals surface area contributed by atoms with Crippen molar-refractivity contribution in [3.8, 4) is 0 Å². The van der Waals surface area contributed by atoms with Gasteiger partial charge in [0, 0.05) is 12.6 Å². The van der Waals surface area contributed by atoms with Crippen LogP contribution in [0.25, 0.3) is 0 Å². The van der Waals surface area contributed by atoms with Gasteiger partial charge in [0.05, 0.1) is 0 Å². The first-order valence-corrected chi connectivity index (χ1v) is 6.47. The molecule has 0 N–H and O–H groups in total. The van der Waals surface area contributed by atoms with E-state index in [9.17, 15) is 0 Å². The van der Waals surface area contributed by atoms with Crippen LogP contribution in [0.2, 0.25) is 0 Å². The summed E-state index contributed by atoms with van der Waals surface area (Å²) in [6.45, 7) is 10.3. The fraction of sp³-hybridized carbons (Fsp3) is 1.00. The van der Waals surface area contributed by atoms with Crippen LogP contribution >= 0.6 is 12.6 Å². The highest BCUT2D eigenvalue weighted by Gasteiger charge is 2.16. The van der Waals surface area contributed by atoms with E-state index in [0.717, 1.165) is 17.6 Å². The summed E-state index contributed by atoms with van der Waals surface area (Å²) in [6.07, 6.45) is 2.58. The molecular weight excluding hydrogens is 190 g/mol. The molecule has 0 aromatic heterocycles. The standard InChI is InChI=1S/C12H27NS/c1-6-7-11(4)13(5)8-12(9-14)10(2)3/h10-12,14H,6-9H2,1-5H3. The zero-order valence-corrected chi connectivity index (χ0v) is 11.3. The fourth-order valence-electron chi connectivity index (χ4n) is 1.67. The quantitative estimate of drug-likeness (QED) is 0.640. The highest BCUT2D eigenvalue weighted by atomic mass is 32.1. The lowest BCUT2D eigenvalue weighted by Gasteiger charge is -2.30. The molecule has 0 saturated carbocycles. The van der Waals surface area contributed by atoms with Gasteiger partial charge in [0.1, 0.15) is 0 Å². The minimum atomic E-state index is 0.709. The minimum absolute atomic E-state index is 0.709. The fourth-order valence-corrected chi connectivity index (χ4v) is 2.20. The van der Waals surface area contributed by atoms with Crippen LogP contribution in [0.15, 0.2) is 0 Å². The number of rotatable bonds is 7. The maximum Gasteiger partial charge on any atom is 0.00639 e. The molecule has 2 heteroatoms. The summed E-state index contributed by atoms with van der Waals surface area (Å²) in [5, 5.41) is 0. The van der Waals surface area contributed by atoms with Gasteiger partial charge in [0.2, 0.25) is 0 Å². The maximum absolute atomic E-state index is 4.42. The number of thiol groups is 1. The third-order valence-corrected chi connectivity index (χ3v) is 3.63. The van der Waals surface area contributed by atoms with Crippen molar-refractivity contribution in [3.05, 3.63) is 0 Å². The van der Waals surface area contributed by atoms with Crippen LogP contribution in [0.1, 0.15) is 40.5 Å². The van der Waals surface area contributed by atoms with Gasteiger partial charge in [-0.25, -0.2) is 0 Å². The lowest BCUT2D eigenvalue weighted by molar-refractivity contribution is 0.195. The van der Waals surface area contributed by atoms with Crippen LogP contribution < -0.4 is 0 Å². The van der Waals surface area contributed by atoms with Crippen LogP contribution in [0.5, 0.6) is 0 Å². The molecule has 0 radical (unpaired) electrons. The number of hydrogen-bond donors (Lipinski definition) is 1. The summed E-state index contributed by atoms with van der Waals surface area (Å²) in [5.41, 5.74) is 0. The van der Waals surface area contributed by atoms with Crippen LogP contribution in [0, 0.1) is 11.8 Å². The zero-order chi connectivity index (χ0) is 11.1. The minimum Gasteiger partial charge on any atom is -0.303 e. The molecule has 0 aliphatic rings. The first-order chi connectivity index (χ1) is 6.52. The lowest BCUT2D eigenvalue weighted by atomic mass is 9.96. The van der Waals surface area contributed by atoms with E-state index in [1.165, 1.54) is 19.4 Å². The highest BCUT2D eigenvalue weighted by molar-refractivity contribution is 7.80. The van der Waals surface area contributed by atoms with Gasteiger partial charge < -0.3 is 4.90 Å². The van der Waals surface area contributed by atoms with Gasteiger partial charge in [0.15, 0.2) is 0 Å². The van der Waals surface area contributed by atoms with Crippen molar-refractivity contribution in [1.82, 2.24) is 4.90 Å². The Morgan fingerprint density at radius 3 is 2.14 bits per heavy atom.